The monoisotopic (exact) mass is 271 g/mol. The second-order valence-electron chi connectivity index (χ2n) is 5.35. The van der Waals surface area contributed by atoms with Crippen molar-refractivity contribution in [3.05, 3.63) is 0 Å². The summed E-state index contributed by atoms with van der Waals surface area (Å²) >= 11 is 2.01. The van der Waals surface area contributed by atoms with Crippen LogP contribution in [0.4, 0.5) is 0 Å². The van der Waals surface area contributed by atoms with Gasteiger partial charge in [0, 0.05) is 12.0 Å². The Morgan fingerprint density at radius 3 is 2.56 bits per heavy atom. The lowest BCUT2D eigenvalue weighted by Crippen LogP contribution is -2.40. The number of carbonyl (C=O) groups excluding carboxylic acids is 1. The second-order valence-corrected chi connectivity index (χ2v) is 6.57. The van der Waals surface area contributed by atoms with Crippen molar-refractivity contribution in [2.45, 2.75) is 71.3 Å². The molecular weight excluding hydrogens is 242 g/mol. The van der Waals surface area contributed by atoms with Crippen LogP contribution in [-0.4, -0.2) is 23.5 Å². The van der Waals surface area contributed by atoms with Crippen molar-refractivity contribution >= 4 is 17.7 Å². The zero-order chi connectivity index (χ0) is 13.2. The number of rotatable bonds is 8. The van der Waals surface area contributed by atoms with Crippen molar-refractivity contribution in [1.29, 1.82) is 0 Å². The highest BCUT2D eigenvalue weighted by atomic mass is 32.2. The Bertz CT molecular complexity index is 227. The minimum absolute atomic E-state index is 0.247. The summed E-state index contributed by atoms with van der Waals surface area (Å²) < 4.78 is 0. The molecule has 1 fully saturated rings. The molecule has 1 amide bonds. The van der Waals surface area contributed by atoms with Crippen LogP contribution >= 0.6 is 11.8 Å². The van der Waals surface area contributed by atoms with Crippen LogP contribution in [0.5, 0.6) is 0 Å². The molecule has 3 heteroatoms. The van der Waals surface area contributed by atoms with Crippen LogP contribution in [0.25, 0.3) is 0 Å². The number of carbonyl (C=O) groups is 1. The highest BCUT2D eigenvalue weighted by molar-refractivity contribution is 7.99. The number of thioether (sulfide) groups is 1. The lowest BCUT2D eigenvalue weighted by Gasteiger charge is -2.25. The van der Waals surface area contributed by atoms with Gasteiger partial charge < -0.3 is 5.32 Å². The number of hydrogen-bond donors (Lipinski definition) is 1. The first-order chi connectivity index (χ1) is 8.77. The molecule has 18 heavy (non-hydrogen) atoms. The highest BCUT2D eigenvalue weighted by Crippen LogP contribution is 2.19. The Hall–Kier alpha value is -0.180. The molecule has 0 aromatic heterocycles. The van der Waals surface area contributed by atoms with Crippen LogP contribution in [-0.2, 0) is 4.79 Å². The summed E-state index contributed by atoms with van der Waals surface area (Å²) in [6.45, 7) is 4.37. The molecule has 1 aliphatic heterocycles. The van der Waals surface area contributed by atoms with Crippen molar-refractivity contribution in [2.24, 2.45) is 5.92 Å². The van der Waals surface area contributed by atoms with E-state index in [0.29, 0.717) is 11.9 Å². The number of hydrogen-bond acceptors (Lipinski definition) is 2. The first-order valence-corrected chi connectivity index (χ1v) is 8.81. The fraction of sp³-hybridized carbons (Fsp3) is 0.933. The van der Waals surface area contributed by atoms with Gasteiger partial charge in [-0.1, -0.05) is 39.5 Å². The van der Waals surface area contributed by atoms with Gasteiger partial charge in [0.15, 0.2) is 0 Å². The fourth-order valence-electron chi connectivity index (χ4n) is 2.50. The lowest BCUT2D eigenvalue weighted by atomic mass is 9.96. The fourth-order valence-corrected chi connectivity index (χ4v) is 3.61. The summed E-state index contributed by atoms with van der Waals surface area (Å²) in [6, 6.07) is 0.448. The second kappa shape index (κ2) is 9.71. The van der Waals surface area contributed by atoms with Gasteiger partial charge in [-0.15, -0.1) is 0 Å². The Balaban J connectivity index is 2.22. The van der Waals surface area contributed by atoms with Gasteiger partial charge in [0.05, 0.1) is 0 Å². The average molecular weight is 271 g/mol. The normalized spacial score (nSPS) is 18.6. The predicted molar refractivity (Wildman–Crippen MR) is 81.0 cm³/mol. The van der Waals surface area contributed by atoms with E-state index >= 15 is 0 Å². The van der Waals surface area contributed by atoms with Gasteiger partial charge in [0.1, 0.15) is 0 Å². The van der Waals surface area contributed by atoms with E-state index in [-0.39, 0.29) is 5.92 Å². The summed E-state index contributed by atoms with van der Waals surface area (Å²) in [5, 5.41) is 3.26. The summed E-state index contributed by atoms with van der Waals surface area (Å²) in [7, 11) is 0. The van der Waals surface area contributed by atoms with Crippen molar-refractivity contribution in [1.82, 2.24) is 5.32 Å². The quantitative estimate of drug-likeness (QED) is 0.676. The standard InChI is InChI=1S/C15H29NOS/c1-3-5-6-7-8-13(4-2)15(17)16-14-9-11-18-12-10-14/h13-14H,3-12H2,1-2H3,(H,16,17). The van der Waals surface area contributed by atoms with Crippen LogP contribution in [0.3, 0.4) is 0 Å². The zero-order valence-corrected chi connectivity index (χ0v) is 12.9. The van der Waals surface area contributed by atoms with Crippen LogP contribution < -0.4 is 5.32 Å². The van der Waals surface area contributed by atoms with Crippen molar-refractivity contribution in [3.63, 3.8) is 0 Å². The van der Waals surface area contributed by atoms with Crippen molar-refractivity contribution in [3.8, 4) is 0 Å². The summed E-state index contributed by atoms with van der Waals surface area (Å²) in [4.78, 5) is 12.2. The van der Waals surface area contributed by atoms with E-state index in [9.17, 15) is 4.79 Å². The van der Waals surface area contributed by atoms with Crippen molar-refractivity contribution in [2.75, 3.05) is 11.5 Å². The van der Waals surface area contributed by atoms with Gasteiger partial charge in [0.2, 0.25) is 5.91 Å². The molecule has 1 saturated heterocycles. The molecule has 0 aromatic carbocycles. The SMILES string of the molecule is CCCCCCC(CC)C(=O)NC1CCSCC1. The van der Waals surface area contributed by atoms with Crippen LogP contribution in [0, 0.1) is 5.92 Å². The van der Waals surface area contributed by atoms with E-state index < -0.39 is 0 Å². The molecule has 1 rings (SSSR count). The summed E-state index contributed by atoms with van der Waals surface area (Å²) in [6.07, 6.45) is 9.43. The van der Waals surface area contributed by atoms with E-state index in [4.69, 9.17) is 0 Å². The molecule has 0 saturated carbocycles. The Kier molecular flexibility index (Phi) is 8.57. The van der Waals surface area contributed by atoms with Gasteiger partial charge in [-0.25, -0.2) is 0 Å². The number of amides is 1. The molecule has 1 heterocycles. The highest BCUT2D eigenvalue weighted by Gasteiger charge is 2.21. The lowest BCUT2D eigenvalue weighted by molar-refractivity contribution is -0.126. The van der Waals surface area contributed by atoms with Gasteiger partial charge in [-0.05, 0) is 37.2 Å². The Morgan fingerprint density at radius 1 is 1.22 bits per heavy atom. The molecule has 0 spiro atoms. The maximum Gasteiger partial charge on any atom is 0.223 e. The smallest absolute Gasteiger partial charge is 0.223 e. The van der Waals surface area contributed by atoms with E-state index in [2.05, 4.69) is 19.2 Å². The average Bonchev–Trinajstić information content (AvgIpc) is 2.40. The van der Waals surface area contributed by atoms with Gasteiger partial charge in [0.25, 0.3) is 0 Å². The van der Waals surface area contributed by atoms with Gasteiger partial charge in [-0.2, -0.15) is 11.8 Å². The molecule has 1 N–H and O–H groups in total. The molecule has 0 aromatic rings. The van der Waals surface area contributed by atoms with E-state index in [0.717, 1.165) is 25.7 Å². The third kappa shape index (κ3) is 6.12. The van der Waals surface area contributed by atoms with Crippen LogP contribution in [0.2, 0.25) is 0 Å². The minimum atomic E-state index is 0.247. The third-order valence-corrected chi connectivity index (χ3v) is 4.89. The Morgan fingerprint density at radius 2 is 1.94 bits per heavy atom. The van der Waals surface area contributed by atoms with Crippen LogP contribution in [0.15, 0.2) is 0 Å². The molecule has 0 bridgehead atoms. The topological polar surface area (TPSA) is 29.1 Å². The maximum atomic E-state index is 12.2. The van der Waals surface area contributed by atoms with Crippen molar-refractivity contribution < 1.29 is 4.79 Å². The molecule has 0 aliphatic carbocycles. The molecule has 1 aliphatic rings. The number of nitrogens with one attached hydrogen (secondary N) is 1. The van der Waals surface area contributed by atoms with E-state index in [1.807, 2.05) is 11.8 Å². The van der Waals surface area contributed by atoms with Gasteiger partial charge in [-0.3, -0.25) is 4.79 Å². The minimum Gasteiger partial charge on any atom is -0.353 e. The van der Waals surface area contributed by atoms with E-state index in [1.165, 1.54) is 37.2 Å². The summed E-state index contributed by atoms with van der Waals surface area (Å²) in [5.41, 5.74) is 0. The molecular formula is C15H29NOS. The molecule has 106 valence electrons. The summed E-state index contributed by atoms with van der Waals surface area (Å²) in [5.74, 6) is 2.97. The molecule has 1 unspecified atom stereocenters. The predicted octanol–water partition coefficient (Wildman–Crippen LogP) is 3.99. The largest absolute Gasteiger partial charge is 0.353 e. The van der Waals surface area contributed by atoms with Crippen LogP contribution in [0.1, 0.15) is 65.2 Å². The Labute approximate surface area is 117 Å². The molecule has 2 nitrogen and oxygen atoms in total. The van der Waals surface area contributed by atoms with E-state index in [1.54, 1.807) is 0 Å². The van der Waals surface area contributed by atoms with Gasteiger partial charge >= 0.3 is 0 Å². The molecule has 0 radical (unpaired) electrons. The zero-order valence-electron chi connectivity index (χ0n) is 12.0. The number of unbranched alkanes of at least 4 members (excludes halogenated alkanes) is 3. The molecule has 1 atom stereocenters. The first-order valence-electron chi connectivity index (χ1n) is 7.66. The maximum absolute atomic E-state index is 12.2. The first kappa shape index (κ1) is 15.9. The third-order valence-electron chi connectivity index (χ3n) is 3.84.